The molecule has 1 aliphatic carbocycles. The van der Waals surface area contributed by atoms with Crippen LogP contribution in [0.2, 0.25) is 0 Å². The van der Waals surface area contributed by atoms with E-state index in [0.29, 0.717) is 12.4 Å². The molecule has 2 amide bonds. The third kappa shape index (κ3) is 2.75. The van der Waals surface area contributed by atoms with Crippen LogP contribution in [0.15, 0.2) is 48.7 Å². The molecule has 6 heteroatoms. The second kappa shape index (κ2) is 5.72. The molecule has 23 heavy (non-hydrogen) atoms. The van der Waals surface area contributed by atoms with Gasteiger partial charge in [-0.3, -0.25) is 4.40 Å². The minimum Gasteiger partial charge on any atom is -0.335 e. The van der Waals surface area contributed by atoms with E-state index in [-0.39, 0.29) is 12.1 Å². The maximum absolute atomic E-state index is 12.1. The number of benzene rings is 1. The van der Waals surface area contributed by atoms with Gasteiger partial charge in [0.1, 0.15) is 0 Å². The highest BCUT2D eigenvalue weighted by molar-refractivity contribution is 5.74. The highest BCUT2D eigenvalue weighted by Gasteiger charge is 2.22. The van der Waals surface area contributed by atoms with Crippen LogP contribution in [0.4, 0.5) is 4.79 Å². The molecule has 2 heterocycles. The quantitative estimate of drug-likeness (QED) is 0.773. The maximum Gasteiger partial charge on any atom is 0.315 e. The monoisotopic (exact) mass is 307 g/mol. The van der Waals surface area contributed by atoms with Gasteiger partial charge in [0.25, 0.3) is 0 Å². The minimum atomic E-state index is -0.171. The minimum absolute atomic E-state index is 0.155. The third-order valence-electron chi connectivity index (χ3n) is 4.18. The van der Waals surface area contributed by atoms with E-state index in [0.717, 1.165) is 18.5 Å². The lowest BCUT2D eigenvalue weighted by molar-refractivity contribution is 0.236. The number of carbonyl (C=O) groups excluding carboxylic acids is 1. The fraction of sp³-hybridized carbons (Fsp3) is 0.235. The van der Waals surface area contributed by atoms with Gasteiger partial charge in [0.2, 0.25) is 0 Å². The number of hydrogen-bond acceptors (Lipinski definition) is 3. The zero-order valence-electron chi connectivity index (χ0n) is 12.6. The lowest BCUT2D eigenvalue weighted by Crippen LogP contribution is -2.42. The molecule has 0 unspecified atom stereocenters. The number of aromatic nitrogens is 3. The number of amides is 2. The van der Waals surface area contributed by atoms with Crippen LogP contribution in [0.5, 0.6) is 0 Å². The van der Waals surface area contributed by atoms with Gasteiger partial charge in [0.05, 0.1) is 6.54 Å². The summed E-state index contributed by atoms with van der Waals surface area (Å²) in [6.07, 6.45) is 3.66. The van der Waals surface area contributed by atoms with Crippen LogP contribution in [0.1, 0.15) is 17.0 Å². The zero-order valence-corrected chi connectivity index (χ0v) is 12.6. The topological polar surface area (TPSA) is 71.3 Å². The first-order valence-corrected chi connectivity index (χ1v) is 7.69. The fourth-order valence-corrected chi connectivity index (χ4v) is 3.07. The van der Waals surface area contributed by atoms with Crippen molar-refractivity contribution >= 4 is 11.7 Å². The summed E-state index contributed by atoms with van der Waals surface area (Å²) in [5.41, 5.74) is 3.42. The summed E-state index contributed by atoms with van der Waals surface area (Å²) < 4.78 is 1.87. The van der Waals surface area contributed by atoms with Crippen molar-refractivity contribution in [3.05, 3.63) is 65.6 Å². The first-order valence-electron chi connectivity index (χ1n) is 7.69. The van der Waals surface area contributed by atoms with Crippen molar-refractivity contribution in [1.82, 2.24) is 25.2 Å². The molecule has 116 valence electrons. The van der Waals surface area contributed by atoms with Gasteiger partial charge >= 0.3 is 6.03 Å². The number of hydrogen-bond donors (Lipinski definition) is 2. The Morgan fingerprint density at radius 2 is 1.83 bits per heavy atom. The Labute approximate surface area is 133 Å². The van der Waals surface area contributed by atoms with Gasteiger partial charge in [-0.25, -0.2) is 4.79 Å². The van der Waals surface area contributed by atoms with Gasteiger partial charge in [-0.1, -0.05) is 30.3 Å². The lowest BCUT2D eigenvalue weighted by atomic mass is 10.1. The highest BCUT2D eigenvalue weighted by Crippen LogP contribution is 2.21. The normalized spacial score (nSPS) is 13.9. The molecule has 0 saturated heterocycles. The summed E-state index contributed by atoms with van der Waals surface area (Å²) in [6, 6.07) is 14.0. The van der Waals surface area contributed by atoms with E-state index < -0.39 is 0 Å². The van der Waals surface area contributed by atoms with E-state index in [1.165, 1.54) is 11.1 Å². The Balaban J connectivity index is 1.35. The summed E-state index contributed by atoms with van der Waals surface area (Å²) in [6.45, 7) is 0.344. The summed E-state index contributed by atoms with van der Waals surface area (Å²) in [5.74, 6) is 0.713. The van der Waals surface area contributed by atoms with Gasteiger partial charge in [0.15, 0.2) is 11.5 Å². The van der Waals surface area contributed by atoms with Crippen LogP contribution in [0, 0.1) is 0 Å². The molecule has 0 spiro atoms. The Morgan fingerprint density at radius 1 is 1.09 bits per heavy atom. The molecular formula is C17H17N5O. The molecule has 1 aromatic carbocycles. The van der Waals surface area contributed by atoms with Crippen LogP contribution in [-0.2, 0) is 19.4 Å². The van der Waals surface area contributed by atoms with Gasteiger partial charge in [-0.15, -0.1) is 10.2 Å². The molecule has 2 N–H and O–H groups in total. The van der Waals surface area contributed by atoms with E-state index in [1.807, 2.05) is 40.9 Å². The molecule has 0 bridgehead atoms. The number of urea groups is 1. The standard InChI is InChI=1S/C17H17N5O/c23-17(19-14-9-12-5-1-2-6-13(12)10-14)18-11-16-21-20-15-7-3-4-8-22(15)16/h1-8,14H,9-11H2,(H2,18,19,23). The Morgan fingerprint density at radius 3 is 2.61 bits per heavy atom. The van der Waals surface area contributed by atoms with Crippen LogP contribution in [-0.4, -0.2) is 26.7 Å². The second-order valence-corrected chi connectivity index (χ2v) is 5.75. The van der Waals surface area contributed by atoms with Gasteiger partial charge < -0.3 is 10.6 Å². The van der Waals surface area contributed by atoms with Gasteiger partial charge in [-0.2, -0.15) is 0 Å². The first-order chi connectivity index (χ1) is 11.3. The molecule has 0 radical (unpaired) electrons. The SMILES string of the molecule is O=C(NCc1nnc2ccccn12)NC1Cc2ccccc2C1. The predicted molar refractivity (Wildman–Crippen MR) is 86.0 cm³/mol. The molecule has 0 saturated carbocycles. The average molecular weight is 307 g/mol. The van der Waals surface area contributed by atoms with E-state index in [4.69, 9.17) is 0 Å². The maximum atomic E-state index is 12.1. The van der Waals surface area contributed by atoms with E-state index in [1.54, 1.807) is 0 Å². The molecule has 0 fully saturated rings. The van der Waals surface area contributed by atoms with E-state index in [2.05, 4.69) is 33.0 Å². The molecule has 0 aliphatic heterocycles. The third-order valence-corrected chi connectivity index (χ3v) is 4.18. The van der Waals surface area contributed by atoms with E-state index in [9.17, 15) is 4.79 Å². The van der Waals surface area contributed by atoms with Crippen molar-refractivity contribution in [2.24, 2.45) is 0 Å². The van der Waals surface area contributed by atoms with Crippen molar-refractivity contribution < 1.29 is 4.79 Å². The van der Waals surface area contributed by atoms with Gasteiger partial charge in [-0.05, 0) is 36.1 Å². The first kappa shape index (κ1) is 13.8. The van der Waals surface area contributed by atoms with Crippen LogP contribution in [0.3, 0.4) is 0 Å². The molecule has 3 aromatic rings. The van der Waals surface area contributed by atoms with Crippen LogP contribution in [0.25, 0.3) is 5.65 Å². The van der Waals surface area contributed by atoms with Crippen molar-refractivity contribution in [3.63, 3.8) is 0 Å². The van der Waals surface area contributed by atoms with Crippen LogP contribution >= 0.6 is 0 Å². The Bertz CT molecular complexity index is 832. The van der Waals surface area contributed by atoms with Crippen molar-refractivity contribution in [2.45, 2.75) is 25.4 Å². The highest BCUT2D eigenvalue weighted by atomic mass is 16.2. The average Bonchev–Trinajstić information content (AvgIpc) is 3.16. The smallest absolute Gasteiger partial charge is 0.315 e. The fourth-order valence-electron chi connectivity index (χ4n) is 3.07. The number of nitrogens with one attached hydrogen (secondary N) is 2. The molecular weight excluding hydrogens is 290 g/mol. The summed E-state index contributed by atoms with van der Waals surface area (Å²) in [5, 5.41) is 14.1. The second-order valence-electron chi connectivity index (χ2n) is 5.75. The summed E-state index contributed by atoms with van der Waals surface area (Å²) in [4.78, 5) is 12.1. The largest absolute Gasteiger partial charge is 0.335 e. The number of nitrogens with zero attached hydrogens (tertiary/aromatic N) is 3. The molecule has 6 nitrogen and oxygen atoms in total. The van der Waals surface area contributed by atoms with E-state index >= 15 is 0 Å². The van der Waals surface area contributed by atoms with Crippen LogP contribution < -0.4 is 10.6 Å². The number of fused-ring (bicyclic) bond motifs is 2. The molecule has 1 aliphatic rings. The van der Waals surface area contributed by atoms with Crippen molar-refractivity contribution in [3.8, 4) is 0 Å². The zero-order chi connectivity index (χ0) is 15.6. The molecule has 2 aromatic heterocycles. The predicted octanol–water partition coefficient (Wildman–Crippen LogP) is 1.70. The summed E-state index contributed by atoms with van der Waals surface area (Å²) >= 11 is 0. The van der Waals surface area contributed by atoms with Gasteiger partial charge in [0, 0.05) is 12.2 Å². The molecule has 4 rings (SSSR count). The number of pyridine rings is 1. The van der Waals surface area contributed by atoms with Crippen molar-refractivity contribution in [2.75, 3.05) is 0 Å². The number of carbonyl (C=O) groups is 1. The number of rotatable bonds is 3. The summed E-state index contributed by atoms with van der Waals surface area (Å²) in [7, 11) is 0. The lowest BCUT2D eigenvalue weighted by Gasteiger charge is -2.12. The molecule has 0 atom stereocenters. The Hall–Kier alpha value is -2.89. The van der Waals surface area contributed by atoms with Crippen molar-refractivity contribution in [1.29, 1.82) is 0 Å². The Kier molecular flexibility index (Phi) is 3.42.